The lowest BCUT2D eigenvalue weighted by Gasteiger charge is -2.05. The Morgan fingerprint density at radius 1 is 1.69 bits per heavy atom. The Kier molecular flexibility index (Phi) is 2.89. The van der Waals surface area contributed by atoms with E-state index in [2.05, 4.69) is 4.98 Å². The second kappa shape index (κ2) is 3.93. The number of rotatable bonds is 4. The van der Waals surface area contributed by atoms with Crippen molar-refractivity contribution in [3.63, 3.8) is 0 Å². The number of imidazole rings is 1. The van der Waals surface area contributed by atoms with E-state index in [0.717, 1.165) is 0 Å². The third kappa shape index (κ3) is 1.80. The third-order valence-corrected chi connectivity index (χ3v) is 1.63. The van der Waals surface area contributed by atoms with Gasteiger partial charge in [-0.2, -0.15) is 0 Å². The topological polar surface area (TPSA) is 64.3 Å². The molecular weight excluding hydrogens is 172 g/mol. The van der Waals surface area contributed by atoms with Gasteiger partial charge in [0, 0.05) is 6.54 Å². The molecule has 5 nitrogen and oxygen atoms in total. The van der Waals surface area contributed by atoms with Crippen LogP contribution in [0, 0.1) is 0 Å². The number of aromatic carboxylic acids is 1. The fourth-order valence-electron chi connectivity index (χ4n) is 1.08. The Morgan fingerprint density at radius 2 is 2.38 bits per heavy atom. The second-order valence-corrected chi connectivity index (χ2v) is 2.41. The maximum Gasteiger partial charge on any atom is 0.354 e. The first-order valence-corrected chi connectivity index (χ1v) is 4.12. The molecule has 0 unspecified atom stereocenters. The first-order chi connectivity index (χ1) is 6.20. The summed E-state index contributed by atoms with van der Waals surface area (Å²) in [7, 11) is 0. The van der Waals surface area contributed by atoms with Gasteiger partial charge in [0.15, 0.2) is 0 Å². The Hall–Kier alpha value is -1.52. The molecule has 72 valence electrons. The van der Waals surface area contributed by atoms with E-state index >= 15 is 0 Å². The number of nitrogens with zero attached hydrogens (tertiary/aromatic N) is 2. The molecule has 0 amide bonds. The molecule has 0 aliphatic rings. The van der Waals surface area contributed by atoms with Crippen molar-refractivity contribution in [3.05, 3.63) is 11.9 Å². The number of ether oxygens (including phenoxy) is 1. The summed E-state index contributed by atoms with van der Waals surface area (Å²) in [6.45, 7) is 4.69. The summed E-state index contributed by atoms with van der Waals surface area (Å²) in [6.07, 6.45) is 1.30. The van der Waals surface area contributed by atoms with Gasteiger partial charge in [-0.3, -0.25) is 4.57 Å². The van der Waals surface area contributed by atoms with Crippen LogP contribution in [0.4, 0.5) is 0 Å². The summed E-state index contributed by atoms with van der Waals surface area (Å²) >= 11 is 0. The van der Waals surface area contributed by atoms with E-state index in [1.54, 1.807) is 0 Å². The molecule has 0 saturated heterocycles. The van der Waals surface area contributed by atoms with Crippen LogP contribution in [0.5, 0.6) is 6.01 Å². The van der Waals surface area contributed by atoms with E-state index in [-0.39, 0.29) is 5.69 Å². The monoisotopic (exact) mass is 184 g/mol. The summed E-state index contributed by atoms with van der Waals surface area (Å²) < 4.78 is 6.67. The normalized spacial score (nSPS) is 10.0. The number of aromatic nitrogens is 2. The van der Waals surface area contributed by atoms with Gasteiger partial charge in [0.25, 0.3) is 6.01 Å². The lowest BCUT2D eigenvalue weighted by Crippen LogP contribution is -2.09. The predicted molar refractivity (Wildman–Crippen MR) is 46.0 cm³/mol. The van der Waals surface area contributed by atoms with Crippen LogP contribution < -0.4 is 4.74 Å². The van der Waals surface area contributed by atoms with E-state index in [9.17, 15) is 4.79 Å². The van der Waals surface area contributed by atoms with Crippen LogP contribution in [-0.4, -0.2) is 27.2 Å². The highest BCUT2D eigenvalue weighted by atomic mass is 16.5. The molecule has 0 saturated carbocycles. The Balaban J connectivity index is 3.03. The fraction of sp³-hybridized carbons (Fsp3) is 0.500. The molecule has 0 bridgehead atoms. The molecule has 0 aromatic carbocycles. The molecular formula is C8H12N2O3. The zero-order valence-electron chi connectivity index (χ0n) is 7.65. The number of hydrogen-bond acceptors (Lipinski definition) is 3. The molecule has 0 spiro atoms. The summed E-state index contributed by atoms with van der Waals surface area (Å²) in [6, 6.07) is 0.363. The summed E-state index contributed by atoms with van der Waals surface area (Å²) in [5, 5.41) is 8.76. The largest absolute Gasteiger partial charge is 0.477 e. The average Bonchev–Trinajstić information content (AvgIpc) is 2.48. The first kappa shape index (κ1) is 9.57. The second-order valence-electron chi connectivity index (χ2n) is 2.41. The van der Waals surface area contributed by atoms with Gasteiger partial charge in [0.05, 0.1) is 12.8 Å². The minimum Gasteiger partial charge on any atom is -0.477 e. The molecule has 0 radical (unpaired) electrons. The molecule has 0 aliphatic carbocycles. The van der Waals surface area contributed by atoms with Gasteiger partial charge in [-0.1, -0.05) is 0 Å². The van der Waals surface area contributed by atoms with Crippen LogP contribution in [0.1, 0.15) is 24.3 Å². The van der Waals surface area contributed by atoms with Crippen molar-refractivity contribution in [2.75, 3.05) is 6.61 Å². The number of carboxylic acids is 1. The van der Waals surface area contributed by atoms with Crippen molar-refractivity contribution in [1.29, 1.82) is 0 Å². The molecule has 1 aromatic rings. The SMILES string of the molecule is CCOc1ncc(C(=O)O)n1CC. The highest BCUT2D eigenvalue weighted by Gasteiger charge is 2.14. The summed E-state index contributed by atoms with van der Waals surface area (Å²) in [5.41, 5.74) is 0.158. The Labute approximate surface area is 76.0 Å². The van der Waals surface area contributed by atoms with Crippen molar-refractivity contribution in [1.82, 2.24) is 9.55 Å². The van der Waals surface area contributed by atoms with E-state index in [4.69, 9.17) is 9.84 Å². The van der Waals surface area contributed by atoms with E-state index in [1.165, 1.54) is 10.8 Å². The quantitative estimate of drug-likeness (QED) is 0.758. The molecule has 0 aliphatic heterocycles. The van der Waals surface area contributed by atoms with Crippen molar-refractivity contribution >= 4 is 5.97 Å². The molecule has 1 heterocycles. The smallest absolute Gasteiger partial charge is 0.354 e. The molecule has 1 N–H and O–H groups in total. The van der Waals surface area contributed by atoms with Crippen LogP contribution in [-0.2, 0) is 6.54 Å². The predicted octanol–water partition coefficient (Wildman–Crippen LogP) is 1.000. The third-order valence-electron chi connectivity index (χ3n) is 1.63. The first-order valence-electron chi connectivity index (χ1n) is 4.12. The molecule has 0 atom stereocenters. The van der Waals surface area contributed by atoms with Gasteiger partial charge < -0.3 is 9.84 Å². The minimum absolute atomic E-state index is 0.158. The molecule has 13 heavy (non-hydrogen) atoms. The lowest BCUT2D eigenvalue weighted by molar-refractivity contribution is 0.0683. The number of hydrogen-bond donors (Lipinski definition) is 1. The summed E-state index contributed by atoms with van der Waals surface area (Å²) in [4.78, 5) is 14.5. The van der Waals surface area contributed by atoms with Crippen molar-refractivity contribution in [2.24, 2.45) is 0 Å². The van der Waals surface area contributed by atoms with Crippen LogP contribution in [0.2, 0.25) is 0 Å². The van der Waals surface area contributed by atoms with Crippen molar-refractivity contribution < 1.29 is 14.6 Å². The highest BCUT2D eigenvalue weighted by molar-refractivity contribution is 5.85. The van der Waals surface area contributed by atoms with E-state index in [1.807, 2.05) is 13.8 Å². The van der Waals surface area contributed by atoms with E-state index < -0.39 is 5.97 Å². The van der Waals surface area contributed by atoms with Crippen molar-refractivity contribution in [3.8, 4) is 6.01 Å². The van der Waals surface area contributed by atoms with Gasteiger partial charge in [0.2, 0.25) is 0 Å². The molecule has 0 fully saturated rings. The zero-order valence-corrected chi connectivity index (χ0v) is 7.65. The molecule has 1 rings (SSSR count). The van der Waals surface area contributed by atoms with Crippen molar-refractivity contribution in [2.45, 2.75) is 20.4 Å². The standard InChI is InChI=1S/C8H12N2O3/c1-3-10-6(7(11)12)5-9-8(10)13-4-2/h5H,3-4H2,1-2H3,(H,11,12). The van der Waals surface area contributed by atoms with Gasteiger partial charge >= 0.3 is 5.97 Å². The Bertz CT molecular complexity index is 306. The maximum atomic E-state index is 10.7. The molecule has 1 aromatic heterocycles. The minimum atomic E-state index is -0.986. The van der Waals surface area contributed by atoms with Gasteiger partial charge in [-0.25, -0.2) is 9.78 Å². The number of carbonyl (C=O) groups is 1. The average molecular weight is 184 g/mol. The van der Waals surface area contributed by atoms with Gasteiger partial charge in [-0.05, 0) is 13.8 Å². The summed E-state index contributed by atoms with van der Waals surface area (Å²) in [5.74, 6) is -0.986. The zero-order chi connectivity index (χ0) is 9.84. The van der Waals surface area contributed by atoms with Crippen LogP contribution in [0.15, 0.2) is 6.20 Å². The van der Waals surface area contributed by atoms with Crippen LogP contribution >= 0.6 is 0 Å². The lowest BCUT2D eigenvalue weighted by atomic mass is 10.5. The van der Waals surface area contributed by atoms with Crippen LogP contribution in [0.25, 0.3) is 0 Å². The Morgan fingerprint density at radius 3 is 2.85 bits per heavy atom. The fourth-order valence-corrected chi connectivity index (χ4v) is 1.08. The molecule has 5 heteroatoms. The van der Waals surface area contributed by atoms with Gasteiger partial charge in [-0.15, -0.1) is 0 Å². The van der Waals surface area contributed by atoms with E-state index in [0.29, 0.717) is 19.2 Å². The van der Waals surface area contributed by atoms with Crippen LogP contribution in [0.3, 0.4) is 0 Å². The highest BCUT2D eigenvalue weighted by Crippen LogP contribution is 2.12. The van der Waals surface area contributed by atoms with Gasteiger partial charge in [0.1, 0.15) is 5.69 Å². The maximum absolute atomic E-state index is 10.7. The number of carboxylic acid groups (broad SMARTS) is 1.